The number of hydrogen-bond donors (Lipinski definition) is 0. The zero-order chi connectivity index (χ0) is 13.9. The number of hydrogen-bond acceptors (Lipinski definition) is 3. The molecule has 0 spiro atoms. The van der Waals surface area contributed by atoms with E-state index in [4.69, 9.17) is 10.00 Å². The maximum Gasteiger partial charge on any atom is 0.145 e. The minimum absolute atomic E-state index is 0.133. The fourth-order valence-corrected chi connectivity index (χ4v) is 1.67. The normalized spacial score (nSPS) is 10.8. The summed E-state index contributed by atoms with van der Waals surface area (Å²) in [5, 5.41) is 8.67. The lowest BCUT2D eigenvalue weighted by atomic mass is 9.87. The summed E-state index contributed by atoms with van der Waals surface area (Å²) < 4.78 is 5.67. The first-order valence-electron chi connectivity index (χ1n) is 6.13. The van der Waals surface area contributed by atoms with Gasteiger partial charge in [0.25, 0.3) is 0 Å². The summed E-state index contributed by atoms with van der Waals surface area (Å²) >= 11 is 0. The zero-order valence-corrected chi connectivity index (χ0v) is 11.3. The molecule has 2 rings (SSSR count). The predicted octanol–water partition coefficient (Wildman–Crippen LogP) is 4.04. The van der Waals surface area contributed by atoms with Crippen molar-refractivity contribution >= 4 is 0 Å². The van der Waals surface area contributed by atoms with Crippen LogP contribution in [0.1, 0.15) is 32.0 Å². The van der Waals surface area contributed by atoms with Gasteiger partial charge in [0.1, 0.15) is 23.3 Å². The van der Waals surface area contributed by atoms with E-state index in [-0.39, 0.29) is 5.41 Å². The van der Waals surface area contributed by atoms with Crippen LogP contribution in [0, 0.1) is 11.3 Å². The summed E-state index contributed by atoms with van der Waals surface area (Å²) in [5.41, 5.74) is 1.78. The molecule has 3 heteroatoms. The first-order valence-corrected chi connectivity index (χ1v) is 6.13. The van der Waals surface area contributed by atoms with Gasteiger partial charge in [0.2, 0.25) is 0 Å². The van der Waals surface area contributed by atoms with Gasteiger partial charge in [-0.3, -0.25) is 0 Å². The van der Waals surface area contributed by atoms with Crippen LogP contribution in [0.3, 0.4) is 0 Å². The lowest BCUT2D eigenvalue weighted by Gasteiger charge is -2.19. The van der Waals surface area contributed by atoms with E-state index < -0.39 is 0 Å². The smallest absolute Gasteiger partial charge is 0.145 e. The lowest BCUT2D eigenvalue weighted by molar-refractivity contribution is 0.479. The van der Waals surface area contributed by atoms with E-state index >= 15 is 0 Å². The zero-order valence-electron chi connectivity index (χ0n) is 11.3. The summed E-state index contributed by atoms with van der Waals surface area (Å²) in [4.78, 5) is 3.96. The van der Waals surface area contributed by atoms with Crippen LogP contribution >= 0.6 is 0 Å². The van der Waals surface area contributed by atoms with E-state index in [0.29, 0.717) is 11.4 Å². The third-order valence-electron chi connectivity index (χ3n) is 2.81. The summed E-state index contributed by atoms with van der Waals surface area (Å²) in [5.74, 6) is 1.39. The second-order valence-electron chi connectivity index (χ2n) is 5.37. The highest BCUT2D eigenvalue weighted by Gasteiger charge is 2.13. The monoisotopic (exact) mass is 252 g/mol. The Bertz CT molecular complexity index is 587. The number of rotatable bonds is 2. The predicted molar refractivity (Wildman–Crippen MR) is 74.2 cm³/mol. The molecule has 0 radical (unpaired) electrons. The SMILES string of the molecule is CC(C)(C)c1ccc(Oc2ccc(C#N)nc2)cc1. The Kier molecular flexibility index (Phi) is 3.52. The number of nitriles is 1. The molecule has 0 aliphatic carbocycles. The average molecular weight is 252 g/mol. The molecule has 1 aromatic carbocycles. The van der Waals surface area contributed by atoms with Crippen molar-refractivity contribution in [1.82, 2.24) is 4.98 Å². The standard InChI is InChI=1S/C16H16N2O/c1-16(2,3)12-4-7-14(8-5-12)19-15-9-6-13(10-17)18-11-15/h4-9,11H,1-3H3. The van der Waals surface area contributed by atoms with Crippen LogP contribution in [-0.4, -0.2) is 4.98 Å². The Labute approximate surface area is 113 Å². The quantitative estimate of drug-likeness (QED) is 0.810. The molecule has 2 aromatic rings. The molecule has 0 amide bonds. The van der Waals surface area contributed by atoms with E-state index in [1.165, 1.54) is 5.56 Å². The first-order chi connectivity index (χ1) is 8.99. The van der Waals surface area contributed by atoms with E-state index in [9.17, 15) is 0 Å². The second-order valence-corrected chi connectivity index (χ2v) is 5.37. The van der Waals surface area contributed by atoms with Crippen LogP contribution in [0.4, 0.5) is 0 Å². The Balaban J connectivity index is 2.13. The van der Waals surface area contributed by atoms with Gasteiger partial charge < -0.3 is 4.74 Å². The van der Waals surface area contributed by atoms with Gasteiger partial charge in [-0.15, -0.1) is 0 Å². The summed E-state index contributed by atoms with van der Waals surface area (Å²) in [7, 11) is 0. The van der Waals surface area contributed by atoms with Gasteiger partial charge in [0, 0.05) is 0 Å². The van der Waals surface area contributed by atoms with Crippen LogP contribution in [0.15, 0.2) is 42.6 Å². The van der Waals surface area contributed by atoms with E-state index in [1.54, 1.807) is 18.3 Å². The molecule has 0 unspecified atom stereocenters. The van der Waals surface area contributed by atoms with Gasteiger partial charge in [0.15, 0.2) is 0 Å². The van der Waals surface area contributed by atoms with Crippen LogP contribution < -0.4 is 4.74 Å². The van der Waals surface area contributed by atoms with Crippen molar-refractivity contribution in [2.75, 3.05) is 0 Å². The molecule has 0 aliphatic rings. The molecule has 3 nitrogen and oxygen atoms in total. The molecule has 1 aromatic heterocycles. The topological polar surface area (TPSA) is 45.9 Å². The highest BCUT2D eigenvalue weighted by atomic mass is 16.5. The van der Waals surface area contributed by atoms with Crippen LogP contribution in [0.2, 0.25) is 0 Å². The number of pyridine rings is 1. The van der Waals surface area contributed by atoms with Crippen LogP contribution in [-0.2, 0) is 5.41 Å². The molecule has 0 fully saturated rings. The molecule has 96 valence electrons. The molecular formula is C16H16N2O. The minimum atomic E-state index is 0.133. The van der Waals surface area contributed by atoms with Crippen LogP contribution in [0.25, 0.3) is 0 Å². The molecule has 0 aliphatic heterocycles. The van der Waals surface area contributed by atoms with Gasteiger partial charge in [-0.2, -0.15) is 5.26 Å². The average Bonchev–Trinajstić information content (AvgIpc) is 2.39. The fraction of sp³-hybridized carbons (Fsp3) is 0.250. The number of benzene rings is 1. The summed E-state index contributed by atoms with van der Waals surface area (Å²) in [6, 6.07) is 13.4. The third-order valence-corrected chi connectivity index (χ3v) is 2.81. The fourth-order valence-electron chi connectivity index (χ4n) is 1.67. The van der Waals surface area contributed by atoms with Gasteiger partial charge in [0.05, 0.1) is 6.20 Å². The molecule has 0 saturated carbocycles. The minimum Gasteiger partial charge on any atom is -0.456 e. The first kappa shape index (κ1) is 13.1. The third kappa shape index (κ3) is 3.32. The van der Waals surface area contributed by atoms with Gasteiger partial charge in [-0.1, -0.05) is 32.9 Å². The maximum atomic E-state index is 8.67. The number of ether oxygens (including phenoxy) is 1. The van der Waals surface area contributed by atoms with E-state index in [2.05, 4.69) is 37.9 Å². The molecule has 1 heterocycles. The van der Waals surface area contributed by atoms with Crippen molar-refractivity contribution in [2.24, 2.45) is 0 Å². The largest absolute Gasteiger partial charge is 0.456 e. The summed E-state index contributed by atoms with van der Waals surface area (Å²) in [6.07, 6.45) is 1.55. The highest BCUT2D eigenvalue weighted by Crippen LogP contribution is 2.26. The Morgan fingerprint density at radius 1 is 1.00 bits per heavy atom. The van der Waals surface area contributed by atoms with Crippen molar-refractivity contribution in [3.8, 4) is 17.6 Å². The highest BCUT2D eigenvalue weighted by molar-refractivity contribution is 5.35. The van der Waals surface area contributed by atoms with E-state index in [0.717, 1.165) is 5.75 Å². The number of nitrogens with zero attached hydrogens (tertiary/aromatic N) is 2. The van der Waals surface area contributed by atoms with Gasteiger partial charge in [-0.05, 0) is 35.2 Å². The lowest BCUT2D eigenvalue weighted by Crippen LogP contribution is -2.10. The van der Waals surface area contributed by atoms with Crippen molar-refractivity contribution < 1.29 is 4.74 Å². The van der Waals surface area contributed by atoms with Crippen molar-refractivity contribution in [2.45, 2.75) is 26.2 Å². The molecule has 0 bridgehead atoms. The van der Waals surface area contributed by atoms with Crippen molar-refractivity contribution in [3.05, 3.63) is 53.9 Å². The molecule has 19 heavy (non-hydrogen) atoms. The van der Waals surface area contributed by atoms with Gasteiger partial charge >= 0.3 is 0 Å². The summed E-state index contributed by atoms with van der Waals surface area (Å²) in [6.45, 7) is 6.52. The van der Waals surface area contributed by atoms with Gasteiger partial charge in [-0.25, -0.2) is 4.98 Å². The number of aromatic nitrogens is 1. The second kappa shape index (κ2) is 5.11. The van der Waals surface area contributed by atoms with E-state index in [1.807, 2.05) is 18.2 Å². The van der Waals surface area contributed by atoms with Crippen LogP contribution in [0.5, 0.6) is 11.5 Å². The Hall–Kier alpha value is -2.34. The van der Waals surface area contributed by atoms with Crippen molar-refractivity contribution in [1.29, 1.82) is 5.26 Å². The molecular weight excluding hydrogens is 236 g/mol. The molecule has 0 N–H and O–H groups in total. The Morgan fingerprint density at radius 3 is 2.11 bits per heavy atom. The maximum absolute atomic E-state index is 8.67. The Morgan fingerprint density at radius 2 is 1.63 bits per heavy atom. The van der Waals surface area contributed by atoms with Crippen molar-refractivity contribution in [3.63, 3.8) is 0 Å². The molecule has 0 atom stereocenters. The molecule has 0 saturated heterocycles.